The Kier molecular flexibility index (Phi) is 3.44. The minimum absolute atomic E-state index is 0.00134. The quantitative estimate of drug-likeness (QED) is 0.673. The van der Waals surface area contributed by atoms with Crippen LogP contribution in [0.3, 0.4) is 0 Å². The summed E-state index contributed by atoms with van der Waals surface area (Å²) >= 11 is 0. The second kappa shape index (κ2) is 5.16. The Morgan fingerprint density at radius 3 is 2.61 bits per heavy atom. The number of hydrogen-bond donors (Lipinski definition) is 1. The van der Waals surface area contributed by atoms with E-state index in [1.807, 2.05) is 6.08 Å². The average Bonchev–Trinajstić information content (AvgIpc) is 2.84. The van der Waals surface area contributed by atoms with Gasteiger partial charge >= 0.3 is 0 Å². The smallest absolute Gasteiger partial charge is 0.139 e. The fraction of sp³-hybridized carbons (Fsp3) is 0.714. The minimum Gasteiger partial charge on any atom is -0.309 e. The fourth-order valence-electron chi connectivity index (χ4n) is 6.62. The van der Waals surface area contributed by atoms with Crippen molar-refractivity contribution in [2.24, 2.45) is 28.6 Å². The molecule has 0 amide bonds. The first-order valence-electron chi connectivity index (χ1n) is 9.43. The third-order valence-corrected chi connectivity index (χ3v) is 8.04. The molecule has 2 heteroatoms. The molecule has 0 bridgehead atoms. The Balaban J connectivity index is 1.67. The van der Waals surface area contributed by atoms with Crippen LogP contribution in [0.25, 0.3) is 0 Å². The van der Waals surface area contributed by atoms with E-state index in [0.717, 1.165) is 37.5 Å². The summed E-state index contributed by atoms with van der Waals surface area (Å²) in [7, 11) is 0. The summed E-state index contributed by atoms with van der Waals surface area (Å²) in [5, 5.41) is 7.32. The van der Waals surface area contributed by atoms with Crippen LogP contribution in [0.1, 0.15) is 65.2 Å². The van der Waals surface area contributed by atoms with Gasteiger partial charge < -0.3 is 5.41 Å². The van der Waals surface area contributed by atoms with E-state index in [0.29, 0.717) is 17.1 Å². The van der Waals surface area contributed by atoms with Crippen LogP contribution < -0.4 is 0 Å². The summed E-state index contributed by atoms with van der Waals surface area (Å²) in [4.78, 5) is 12.4. The van der Waals surface area contributed by atoms with Crippen LogP contribution in [0.5, 0.6) is 0 Å². The highest BCUT2D eigenvalue weighted by atomic mass is 16.1. The Bertz CT molecular complexity index is 615. The maximum Gasteiger partial charge on any atom is 0.139 e. The lowest BCUT2D eigenvalue weighted by molar-refractivity contribution is -0.132. The van der Waals surface area contributed by atoms with Gasteiger partial charge in [-0.15, -0.1) is 0 Å². The van der Waals surface area contributed by atoms with Crippen LogP contribution >= 0.6 is 0 Å². The zero-order valence-corrected chi connectivity index (χ0v) is 14.5. The predicted octanol–water partition coefficient (Wildman–Crippen LogP) is 5.09. The number of carbonyl (C=O) groups excluding carboxylic acids is 1. The number of allylic oxidation sites excluding steroid dienone is 4. The summed E-state index contributed by atoms with van der Waals surface area (Å²) in [5.74, 6) is 2.72. The Morgan fingerprint density at radius 1 is 1.04 bits per heavy atom. The van der Waals surface area contributed by atoms with Crippen molar-refractivity contribution < 1.29 is 4.79 Å². The van der Waals surface area contributed by atoms with Crippen molar-refractivity contribution in [2.45, 2.75) is 65.2 Å². The molecule has 2 nitrogen and oxygen atoms in total. The first-order chi connectivity index (χ1) is 11.0. The summed E-state index contributed by atoms with van der Waals surface area (Å²) < 4.78 is 0. The zero-order valence-electron chi connectivity index (χ0n) is 14.5. The van der Waals surface area contributed by atoms with Crippen LogP contribution in [0, 0.1) is 34.0 Å². The fourth-order valence-corrected chi connectivity index (χ4v) is 6.62. The zero-order chi connectivity index (χ0) is 16.2. The molecule has 4 rings (SSSR count). The molecule has 4 aliphatic rings. The number of rotatable bonds is 1. The largest absolute Gasteiger partial charge is 0.309 e. The van der Waals surface area contributed by atoms with Gasteiger partial charge in [-0.05, 0) is 79.8 Å². The second-order valence-corrected chi connectivity index (χ2v) is 8.83. The molecule has 0 radical (unpaired) electrons. The average molecular weight is 311 g/mol. The van der Waals surface area contributed by atoms with Crippen LogP contribution in [0.2, 0.25) is 0 Å². The maximum absolute atomic E-state index is 12.4. The molecule has 0 saturated heterocycles. The molecular formula is C21H29NO. The van der Waals surface area contributed by atoms with Crippen LogP contribution in [-0.2, 0) is 4.79 Å². The van der Waals surface area contributed by atoms with Crippen LogP contribution in [-0.4, -0.2) is 12.0 Å². The van der Waals surface area contributed by atoms with Gasteiger partial charge in [-0.2, -0.15) is 0 Å². The molecule has 0 aliphatic heterocycles. The molecule has 4 aliphatic carbocycles. The van der Waals surface area contributed by atoms with E-state index in [2.05, 4.69) is 19.9 Å². The van der Waals surface area contributed by atoms with Gasteiger partial charge in [-0.25, -0.2) is 0 Å². The molecule has 5 atom stereocenters. The minimum atomic E-state index is -0.00134. The topological polar surface area (TPSA) is 40.9 Å². The van der Waals surface area contributed by atoms with E-state index < -0.39 is 0 Å². The molecule has 0 aromatic carbocycles. The van der Waals surface area contributed by atoms with Gasteiger partial charge in [0.05, 0.1) is 0 Å². The lowest BCUT2D eigenvalue weighted by atomic mass is 9.47. The van der Waals surface area contributed by atoms with E-state index in [4.69, 9.17) is 5.41 Å². The normalized spacial score (nSPS) is 47.6. The van der Waals surface area contributed by atoms with E-state index in [1.165, 1.54) is 37.5 Å². The lowest BCUT2D eigenvalue weighted by Gasteiger charge is -2.57. The molecule has 1 N–H and O–H groups in total. The van der Waals surface area contributed by atoms with Gasteiger partial charge in [0.2, 0.25) is 0 Å². The Labute approximate surface area is 139 Å². The van der Waals surface area contributed by atoms with Gasteiger partial charge in [-0.3, -0.25) is 4.79 Å². The van der Waals surface area contributed by atoms with Crippen molar-refractivity contribution in [1.82, 2.24) is 0 Å². The van der Waals surface area contributed by atoms with E-state index in [-0.39, 0.29) is 5.41 Å². The van der Waals surface area contributed by atoms with Crippen molar-refractivity contribution in [2.75, 3.05) is 0 Å². The second-order valence-electron chi connectivity index (χ2n) is 8.83. The van der Waals surface area contributed by atoms with E-state index in [9.17, 15) is 4.79 Å². The SMILES string of the molecule is C[C@]12CC/C(=C\C=N)C=C1CCC1C2CC[C@]2(C)C(=O)CCC12. The van der Waals surface area contributed by atoms with Crippen LogP contribution in [0.15, 0.2) is 23.3 Å². The molecule has 124 valence electrons. The first kappa shape index (κ1) is 15.4. The van der Waals surface area contributed by atoms with Gasteiger partial charge in [0.15, 0.2) is 0 Å². The molecular weight excluding hydrogens is 282 g/mol. The van der Waals surface area contributed by atoms with E-state index in [1.54, 1.807) is 5.57 Å². The third kappa shape index (κ3) is 2.06. The molecule has 3 unspecified atom stereocenters. The maximum atomic E-state index is 12.4. The monoisotopic (exact) mass is 311 g/mol. The van der Waals surface area contributed by atoms with Crippen molar-refractivity contribution in [3.63, 3.8) is 0 Å². The summed E-state index contributed by atoms with van der Waals surface area (Å²) in [6.07, 6.45) is 14.9. The van der Waals surface area contributed by atoms with Gasteiger partial charge in [0.1, 0.15) is 5.78 Å². The third-order valence-electron chi connectivity index (χ3n) is 8.04. The Hall–Kier alpha value is -1.18. The van der Waals surface area contributed by atoms with Crippen molar-refractivity contribution in [3.05, 3.63) is 23.3 Å². The van der Waals surface area contributed by atoms with Crippen molar-refractivity contribution in [3.8, 4) is 0 Å². The molecule has 0 aromatic rings. The summed E-state index contributed by atoms with van der Waals surface area (Å²) in [6.45, 7) is 4.76. The number of Topliss-reactive ketones (excluding diaryl/α,β-unsaturated/α-hetero) is 1. The summed E-state index contributed by atoms with van der Waals surface area (Å²) in [6, 6.07) is 0. The highest BCUT2D eigenvalue weighted by Gasteiger charge is 2.58. The highest BCUT2D eigenvalue weighted by molar-refractivity contribution is 5.87. The van der Waals surface area contributed by atoms with Crippen molar-refractivity contribution >= 4 is 12.0 Å². The van der Waals surface area contributed by atoms with Crippen molar-refractivity contribution in [1.29, 1.82) is 5.41 Å². The van der Waals surface area contributed by atoms with Gasteiger partial charge in [-0.1, -0.05) is 25.5 Å². The lowest BCUT2D eigenvalue weighted by Crippen LogP contribution is -2.50. The number of hydrogen-bond acceptors (Lipinski definition) is 2. The molecule has 0 heterocycles. The van der Waals surface area contributed by atoms with Crippen LogP contribution in [0.4, 0.5) is 0 Å². The number of fused-ring (bicyclic) bond motifs is 5. The Morgan fingerprint density at radius 2 is 1.83 bits per heavy atom. The predicted molar refractivity (Wildman–Crippen MR) is 93.6 cm³/mol. The number of carbonyl (C=O) groups is 1. The molecule has 0 spiro atoms. The van der Waals surface area contributed by atoms with Gasteiger partial charge in [0, 0.05) is 18.1 Å². The van der Waals surface area contributed by atoms with E-state index >= 15 is 0 Å². The molecule has 0 aromatic heterocycles. The standard InChI is InChI=1S/C21H29NO/c1-20-10-7-14(9-12-22)13-15(20)3-4-16-17-5-6-19(23)21(17,2)11-8-18(16)20/h9,12-13,16-18,22H,3-8,10-11H2,1-2H3/b14-9+,22-12?/t16?,17?,18?,20-,21-/m0/s1. The molecule has 3 fully saturated rings. The van der Waals surface area contributed by atoms with Gasteiger partial charge in [0.25, 0.3) is 0 Å². The molecule has 3 saturated carbocycles. The highest BCUT2D eigenvalue weighted by Crippen LogP contribution is 2.64. The first-order valence-corrected chi connectivity index (χ1v) is 9.43. The molecule has 23 heavy (non-hydrogen) atoms. The number of nitrogens with one attached hydrogen (secondary N) is 1. The number of ketones is 1. The summed E-state index contributed by atoms with van der Waals surface area (Å²) in [5.41, 5.74) is 3.31.